The molecular formula is C18H13N3O. The van der Waals surface area contributed by atoms with Gasteiger partial charge in [-0.2, -0.15) is 10.5 Å². The summed E-state index contributed by atoms with van der Waals surface area (Å²) in [7, 11) is 0. The predicted octanol–water partition coefficient (Wildman–Crippen LogP) is 3.41. The van der Waals surface area contributed by atoms with Gasteiger partial charge in [0.1, 0.15) is 11.6 Å². The predicted molar refractivity (Wildman–Crippen MR) is 84.6 cm³/mol. The van der Waals surface area contributed by atoms with Crippen LogP contribution in [-0.2, 0) is 4.79 Å². The Kier molecular flexibility index (Phi) is 4.70. The molecule has 0 spiro atoms. The molecule has 106 valence electrons. The first kappa shape index (κ1) is 15.0. The Hall–Kier alpha value is -3.37. The molecule has 4 heteroatoms. The maximum absolute atomic E-state index is 12.1. The number of rotatable bonds is 3. The van der Waals surface area contributed by atoms with Crippen LogP contribution >= 0.6 is 0 Å². The summed E-state index contributed by atoms with van der Waals surface area (Å²) in [6.07, 6.45) is 1.49. The van der Waals surface area contributed by atoms with E-state index in [9.17, 15) is 4.79 Å². The Morgan fingerprint density at radius 1 is 1.05 bits per heavy atom. The van der Waals surface area contributed by atoms with Gasteiger partial charge in [-0.25, -0.2) is 0 Å². The smallest absolute Gasteiger partial charge is 0.266 e. The van der Waals surface area contributed by atoms with Crippen molar-refractivity contribution in [3.63, 3.8) is 0 Å². The molecule has 0 aliphatic carbocycles. The number of hydrogen-bond donors (Lipinski definition) is 1. The van der Waals surface area contributed by atoms with E-state index in [1.54, 1.807) is 36.4 Å². The fourth-order valence-corrected chi connectivity index (χ4v) is 1.80. The summed E-state index contributed by atoms with van der Waals surface area (Å²) in [6.45, 7) is 1.96. The first-order valence-electron chi connectivity index (χ1n) is 6.62. The molecule has 0 fully saturated rings. The number of hydrogen-bond acceptors (Lipinski definition) is 3. The molecule has 0 aromatic heterocycles. The molecule has 4 nitrogen and oxygen atoms in total. The second-order valence-electron chi connectivity index (χ2n) is 4.72. The molecule has 0 aliphatic heterocycles. The summed E-state index contributed by atoms with van der Waals surface area (Å²) in [5, 5.41) is 20.6. The summed E-state index contributed by atoms with van der Waals surface area (Å²) >= 11 is 0. The normalized spacial score (nSPS) is 10.4. The lowest BCUT2D eigenvalue weighted by Gasteiger charge is -2.04. The van der Waals surface area contributed by atoms with E-state index >= 15 is 0 Å². The van der Waals surface area contributed by atoms with Crippen molar-refractivity contribution in [3.05, 3.63) is 70.8 Å². The van der Waals surface area contributed by atoms with E-state index in [4.69, 9.17) is 10.5 Å². The van der Waals surface area contributed by atoms with Gasteiger partial charge < -0.3 is 5.32 Å². The monoisotopic (exact) mass is 287 g/mol. The molecule has 0 radical (unpaired) electrons. The van der Waals surface area contributed by atoms with Gasteiger partial charge in [-0.15, -0.1) is 0 Å². The van der Waals surface area contributed by atoms with E-state index in [-0.39, 0.29) is 5.57 Å². The third-order valence-corrected chi connectivity index (χ3v) is 3.03. The molecule has 0 bridgehead atoms. The summed E-state index contributed by atoms with van der Waals surface area (Å²) in [4.78, 5) is 12.1. The van der Waals surface area contributed by atoms with Gasteiger partial charge in [-0.3, -0.25) is 4.79 Å². The Bertz CT molecular complexity index is 788. The van der Waals surface area contributed by atoms with Gasteiger partial charge in [0.05, 0.1) is 11.6 Å². The summed E-state index contributed by atoms with van der Waals surface area (Å²) < 4.78 is 0. The number of carbonyl (C=O) groups excluding carboxylic acids is 1. The molecule has 0 saturated carbocycles. The van der Waals surface area contributed by atoms with Crippen LogP contribution in [-0.4, -0.2) is 5.91 Å². The Labute approximate surface area is 128 Å². The molecule has 22 heavy (non-hydrogen) atoms. The number of aryl methyl sites for hydroxylation is 1. The lowest BCUT2D eigenvalue weighted by Crippen LogP contribution is -2.13. The van der Waals surface area contributed by atoms with Crippen molar-refractivity contribution in [3.8, 4) is 12.1 Å². The molecule has 0 aliphatic rings. The minimum atomic E-state index is -0.462. The molecule has 1 N–H and O–H groups in total. The highest BCUT2D eigenvalue weighted by Crippen LogP contribution is 2.13. The van der Waals surface area contributed by atoms with Gasteiger partial charge in [-0.05, 0) is 42.8 Å². The van der Waals surface area contributed by atoms with Crippen LogP contribution in [0.5, 0.6) is 0 Å². The molecule has 0 unspecified atom stereocenters. The van der Waals surface area contributed by atoms with Crippen LogP contribution in [0.25, 0.3) is 6.08 Å². The lowest BCUT2D eigenvalue weighted by atomic mass is 10.1. The quantitative estimate of drug-likeness (QED) is 0.694. The zero-order chi connectivity index (χ0) is 15.9. The molecule has 2 rings (SSSR count). The van der Waals surface area contributed by atoms with Gasteiger partial charge in [0, 0.05) is 5.69 Å². The SMILES string of the molecule is Cc1ccc(NC(=O)/C(C#N)=C/c2ccc(C#N)cc2)cc1. The third-order valence-electron chi connectivity index (χ3n) is 3.03. The van der Waals surface area contributed by atoms with Gasteiger partial charge in [0.15, 0.2) is 0 Å². The van der Waals surface area contributed by atoms with E-state index in [0.29, 0.717) is 16.8 Å². The van der Waals surface area contributed by atoms with Crippen LogP contribution in [0.2, 0.25) is 0 Å². The van der Waals surface area contributed by atoms with Crippen molar-refractivity contribution in [1.29, 1.82) is 10.5 Å². The fourth-order valence-electron chi connectivity index (χ4n) is 1.80. The van der Waals surface area contributed by atoms with Crippen molar-refractivity contribution in [2.45, 2.75) is 6.92 Å². The number of nitrogens with one attached hydrogen (secondary N) is 1. The Morgan fingerprint density at radius 2 is 1.68 bits per heavy atom. The summed E-state index contributed by atoms with van der Waals surface area (Å²) in [5.41, 5.74) is 2.95. The first-order valence-corrected chi connectivity index (χ1v) is 6.62. The number of carbonyl (C=O) groups is 1. The Balaban J connectivity index is 2.17. The molecule has 0 atom stereocenters. The van der Waals surface area contributed by atoms with Gasteiger partial charge in [0.25, 0.3) is 5.91 Å². The van der Waals surface area contributed by atoms with Gasteiger partial charge in [-0.1, -0.05) is 29.8 Å². The molecule has 2 aromatic rings. The van der Waals surface area contributed by atoms with Crippen LogP contribution in [0.1, 0.15) is 16.7 Å². The average molecular weight is 287 g/mol. The van der Waals surface area contributed by atoms with Crippen LogP contribution in [0.3, 0.4) is 0 Å². The minimum Gasteiger partial charge on any atom is -0.321 e. The van der Waals surface area contributed by atoms with Crippen LogP contribution in [0.4, 0.5) is 5.69 Å². The van der Waals surface area contributed by atoms with Gasteiger partial charge >= 0.3 is 0 Å². The first-order chi connectivity index (χ1) is 10.6. The highest BCUT2D eigenvalue weighted by molar-refractivity contribution is 6.09. The third kappa shape index (κ3) is 3.82. The van der Waals surface area contributed by atoms with Crippen molar-refractivity contribution in [1.82, 2.24) is 0 Å². The summed E-state index contributed by atoms with van der Waals surface area (Å²) in [6, 6.07) is 17.9. The van der Waals surface area contributed by atoms with E-state index in [1.165, 1.54) is 6.08 Å². The average Bonchev–Trinajstić information content (AvgIpc) is 2.55. The Morgan fingerprint density at radius 3 is 2.23 bits per heavy atom. The van der Waals surface area contributed by atoms with Crippen molar-refractivity contribution in [2.75, 3.05) is 5.32 Å². The molecular weight excluding hydrogens is 274 g/mol. The number of benzene rings is 2. The number of anilines is 1. The van der Waals surface area contributed by atoms with Crippen LogP contribution < -0.4 is 5.32 Å². The van der Waals surface area contributed by atoms with Crippen LogP contribution in [0.15, 0.2) is 54.1 Å². The van der Waals surface area contributed by atoms with E-state index in [1.807, 2.05) is 31.2 Å². The molecule has 0 heterocycles. The van der Waals surface area contributed by atoms with E-state index in [2.05, 4.69) is 5.32 Å². The van der Waals surface area contributed by atoms with Crippen LogP contribution in [0, 0.1) is 29.6 Å². The molecule has 1 amide bonds. The molecule has 2 aromatic carbocycles. The van der Waals surface area contributed by atoms with Crippen molar-refractivity contribution in [2.24, 2.45) is 0 Å². The van der Waals surface area contributed by atoms with E-state index in [0.717, 1.165) is 5.56 Å². The summed E-state index contributed by atoms with van der Waals surface area (Å²) in [5.74, 6) is -0.462. The zero-order valence-corrected chi connectivity index (χ0v) is 12.0. The second kappa shape index (κ2) is 6.88. The fraction of sp³-hybridized carbons (Fsp3) is 0.0556. The molecule has 0 saturated heterocycles. The van der Waals surface area contributed by atoms with Crippen molar-refractivity contribution >= 4 is 17.7 Å². The minimum absolute atomic E-state index is 0.00489. The number of amides is 1. The maximum Gasteiger partial charge on any atom is 0.266 e. The highest BCUT2D eigenvalue weighted by Gasteiger charge is 2.09. The maximum atomic E-state index is 12.1. The highest BCUT2D eigenvalue weighted by atomic mass is 16.1. The standard InChI is InChI=1S/C18H13N3O/c1-13-2-8-17(9-3-13)21-18(22)16(12-20)10-14-4-6-15(11-19)7-5-14/h2-10H,1H3,(H,21,22)/b16-10+. The van der Waals surface area contributed by atoms with E-state index < -0.39 is 5.91 Å². The number of nitrogens with zero attached hydrogens (tertiary/aromatic N) is 2. The number of nitriles is 2. The zero-order valence-electron chi connectivity index (χ0n) is 12.0. The second-order valence-corrected chi connectivity index (χ2v) is 4.72. The lowest BCUT2D eigenvalue weighted by molar-refractivity contribution is -0.112. The van der Waals surface area contributed by atoms with Gasteiger partial charge in [0.2, 0.25) is 0 Å². The largest absolute Gasteiger partial charge is 0.321 e. The topological polar surface area (TPSA) is 76.7 Å². The van der Waals surface area contributed by atoms with Crippen molar-refractivity contribution < 1.29 is 4.79 Å².